The van der Waals surface area contributed by atoms with Crippen molar-refractivity contribution in [3.8, 4) is 17.1 Å². The Balaban J connectivity index is 1.51. The molecular formula is C22H24N4O3. The predicted molar refractivity (Wildman–Crippen MR) is 110 cm³/mol. The van der Waals surface area contributed by atoms with E-state index in [0.717, 1.165) is 35.4 Å². The molecular weight excluding hydrogens is 368 g/mol. The number of nitrogens with zero attached hydrogens (tertiary/aromatic N) is 3. The van der Waals surface area contributed by atoms with E-state index in [1.165, 1.54) is 5.56 Å². The number of hydrogen-bond acceptors (Lipinski definition) is 5. The molecule has 1 atom stereocenters. The monoisotopic (exact) mass is 392 g/mol. The molecule has 0 aliphatic carbocycles. The second-order valence-electron chi connectivity index (χ2n) is 7.27. The Morgan fingerprint density at radius 2 is 2.07 bits per heavy atom. The van der Waals surface area contributed by atoms with Gasteiger partial charge in [0.1, 0.15) is 11.8 Å². The molecule has 2 heterocycles. The Bertz CT molecular complexity index is 1030. The first kappa shape index (κ1) is 19.0. The van der Waals surface area contributed by atoms with Gasteiger partial charge in [0.05, 0.1) is 7.11 Å². The van der Waals surface area contributed by atoms with Crippen LogP contribution in [0.15, 0.2) is 47.0 Å². The lowest BCUT2D eigenvalue weighted by Gasteiger charge is -2.22. The summed E-state index contributed by atoms with van der Waals surface area (Å²) >= 11 is 0. The number of aryl methyl sites for hydroxylation is 2. The van der Waals surface area contributed by atoms with E-state index in [-0.39, 0.29) is 12.1 Å². The van der Waals surface area contributed by atoms with Gasteiger partial charge in [0, 0.05) is 17.8 Å². The minimum Gasteiger partial charge on any atom is -0.497 e. The summed E-state index contributed by atoms with van der Waals surface area (Å²) in [6, 6.07) is 13.0. The Hall–Kier alpha value is -3.35. The molecule has 0 radical (unpaired) electrons. The van der Waals surface area contributed by atoms with Crippen LogP contribution in [0.4, 0.5) is 10.5 Å². The van der Waals surface area contributed by atoms with Crippen molar-refractivity contribution < 1.29 is 14.1 Å². The highest BCUT2D eigenvalue weighted by atomic mass is 16.5. The molecule has 2 aromatic carbocycles. The number of ether oxygens (including phenoxy) is 1. The van der Waals surface area contributed by atoms with E-state index in [1.54, 1.807) is 12.0 Å². The minimum atomic E-state index is -0.228. The van der Waals surface area contributed by atoms with Crippen molar-refractivity contribution in [2.75, 3.05) is 19.0 Å². The lowest BCUT2D eigenvalue weighted by atomic mass is 10.1. The average Bonchev–Trinajstić information content (AvgIpc) is 3.40. The fourth-order valence-electron chi connectivity index (χ4n) is 3.53. The third-order valence-electron chi connectivity index (χ3n) is 5.33. The van der Waals surface area contributed by atoms with Gasteiger partial charge in [-0.3, -0.25) is 0 Å². The third-order valence-corrected chi connectivity index (χ3v) is 5.33. The van der Waals surface area contributed by atoms with Crippen molar-refractivity contribution in [2.45, 2.75) is 32.7 Å². The Labute approximate surface area is 169 Å². The summed E-state index contributed by atoms with van der Waals surface area (Å²) < 4.78 is 10.8. The smallest absolute Gasteiger partial charge is 0.322 e. The lowest BCUT2D eigenvalue weighted by Crippen LogP contribution is -2.34. The molecule has 7 heteroatoms. The first-order valence-electron chi connectivity index (χ1n) is 9.68. The first-order valence-corrected chi connectivity index (χ1v) is 9.68. The maximum absolute atomic E-state index is 12.9. The lowest BCUT2D eigenvalue weighted by molar-refractivity contribution is 0.193. The molecule has 2 amide bonds. The number of carbonyl (C=O) groups is 1. The molecule has 1 N–H and O–H groups in total. The molecule has 0 saturated carbocycles. The van der Waals surface area contributed by atoms with Crippen molar-refractivity contribution >= 4 is 11.7 Å². The maximum atomic E-state index is 12.9. The van der Waals surface area contributed by atoms with Gasteiger partial charge in [-0.1, -0.05) is 23.4 Å². The van der Waals surface area contributed by atoms with E-state index >= 15 is 0 Å². The molecule has 1 saturated heterocycles. The van der Waals surface area contributed by atoms with Crippen molar-refractivity contribution in [3.05, 3.63) is 59.5 Å². The van der Waals surface area contributed by atoms with Crippen LogP contribution in [0.5, 0.6) is 5.75 Å². The highest BCUT2D eigenvalue weighted by molar-refractivity contribution is 5.89. The summed E-state index contributed by atoms with van der Waals surface area (Å²) in [4.78, 5) is 19.2. The first-order chi connectivity index (χ1) is 14.0. The van der Waals surface area contributed by atoms with E-state index in [2.05, 4.69) is 15.5 Å². The van der Waals surface area contributed by atoms with Gasteiger partial charge in [0.25, 0.3) is 0 Å². The van der Waals surface area contributed by atoms with Gasteiger partial charge in [-0.05, 0) is 62.1 Å². The summed E-state index contributed by atoms with van der Waals surface area (Å²) in [5.41, 5.74) is 3.92. The van der Waals surface area contributed by atoms with Crippen LogP contribution in [-0.4, -0.2) is 34.7 Å². The molecule has 29 heavy (non-hydrogen) atoms. The zero-order chi connectivity index (χ0) is 20.4. The second-order valence-corrected chi connectivity index (χ2v) is 7.27. The Morgan fingerprint density at radius 3 is 2.86 bits per heavy atom. The zero-order valence-corrected chi connectivity index (χ0v) is 16.8. The third kappa shape index (κ3) is 3.94. The number of anilines is 1. The standard InChI is InChI=1S/C22H24N4O3/c1-14-9-10-17(12-15(14)2)23-22(27)26-11-5-8-19(26)21-24-20(25-29-21)16-6-4-7-18(13-16)28-3/h4,6-7,9-10,12-13,19H,5,8,11H2,1-3H3,(H,23,27). The number of amides is 2. The van der Waals surface area contributed by atoms with Crippen LogP contribution < -0.4 is 10.1 Å². The average molecular weight is 392 g/mol. The summed E-state index contributed by atoms with van der Waals surface area (Å²) in [5, 5.41) is 7.09. The Kier molecular flexibility index (Phi) is 5.20. The van der Waals surface area contributed by atoms with Gasteiger partial charge in [-0.2, -0.15) is 4.98 Å². The van der Waals surface area contributed by atoms with E-state index < -0.39 is 0 Å². The highest BCUT2D eigenvalue weighted by Crippen LogP contribution is 2.33. The fourth-order valence-corrected chi connectivity index (χ4v) is 3.53. The van der Waals surface area contributed by atoms with Gasteiger partial charge in [0.15, 0.2) is 0 Å². The summed E-state index contributed by atoms with van der Waals surface area (Å²) in [5.74, 6) is 1.67. The highest BCUT2D eigenvalue weighted by Gasteiger charge is 2.34. The number of benzene rings is 2. The molecule has 1 aliphatic heterocycles. The van der Waals surface area contributed by atoms with Gasteiger partial charge >= 0.3 is 6.03 Å². The largest absolute Gasteiger partial charge is 0.497 e. The summed E-state index contributed by atoms with van der Waals surface area (Å²) in [6.07, 6.45) is 1.68. The fraction of sp³-hybridized carbons (Fsp3) is 0.318. The predicted octanol–water partition coefficient (Wildman–Crippen LogP) is 4.73. The number of aromatic nitrogens is 2. The number of hydrogen-bond donors (Lipinski definition) is 1. The van der Waals surface area contributed by atoms with E-state index in [9.17, 15) is 4.79 Å². The number of methoxy groups -OCH3 is 1. The normalized spacial score (nSPS) is 16.1. The molecule has 3 aromatic rings. The van der Waals surface area contributed by atoms with Crippen LogP contribution in [0.2, 0.25) is 0 Å². The number of carbonyl (C=O) groups excluding carboxylic acids is 1. The maximum Gasteiger partial charge on any atom is 0.322 e. The number of urea groups is 1. The minimum absolute atomic E-state index is 0.156. The Morgan fingerprint density at radius 1 is 1.21 bits per heavy atom. The number of nitrogens with one attached hydrogen (secondary N) is 1. The van der Waals surface area contributed by atoms with E-state index in [1.807, 2.05) is 56.3 Å². The molecule has 150 valence electrons. The topological polar surface area (TPSA) is 80.5 Å². The van der Waals surface area contributed by atoms with Crippen LogP contribution >= 0.6 is 0 Å². The van der Waals surface area contributed by atoms with E-state index in [4.69, 9.17) is 9.26 Å². The van der Waals surface area contributed by atoms with Crippen LogP contribution in [-0.2, 0) is 0 Å². The van der Waals surface area contributed by atoms with Crippen LogP contribution in [0.1, 0.15) is 35.9 Å². The molecule has 7 nitrogen and oxygen atoms in total. The summed E-state index contributed by atoms with van der Waals surface area (Å²) in [6.45, 7) is 4.73. The zero-order valence-electron chi connectivity index (χ0n) is 16.8. The van der Waals surface area contributed by atoms with Crippen molar-refractivity contribution in [2.24, 2.45) is 0 Å². The quantitative estimate of drug-likeness (QED) is 0.694. The molecule has 4 rings (SSSR count). The SMILES string of the molecule is COc1cccc(-c2noc(C3CCCN3C(=O)Nc3ccc(C)c(C)c3)n2)c1. The molecule has 1 aromatic heterocycles. The van der Waals surface area contributed by atoms with Crippen molar-refractivity contribution in [1.29, 1.82) is 0 Å². The number of likely N-dealkylation sites (tertiary alicyclic amines) is 1. The van der Waals surface area contributed by atoms with Gasteiger partial charge < -0.3 is 19.5 Å². The van der Waals surface area contributed by atoms with Crippen molar-refractivity contribution in [3.63, 3.8) is 0 Å². The van der Waals surface area contributed by atoms with E-state index in [0.29, 0.717) is 18.3 Å². The molecule has 1 fully saturated rings. The van der Waals surface area contributed by atoms with Crippen LogP contribution in [0, 0.1) is 13.8 Å². The molecule has 0 bridgehead atoms. The second kappa shape index (κ2) is 7.95. The van der Waals surface area contributed by atoms with Gasteiger partial charge in [0.2, 0.25) is 11.7 Å². The molecule has 0 spiro atoms. The number of rotatable bonds is 4. The van der Waals surface area contributed by atoms with Gasteiger partial charge in [-0.25, -0.2) is 4.79 Å². The molecule has 1 unspecified atom stereocenters. The van der Waals surface area contributed by atoms with Crippen LogP contribution in [0.3, 0.4) is 0 Å². The van der Waals surface area contributed by atoms with Gasteiger partial charge in [-0.15, -0.1) is 0 Å². The summed E-state index contributed by atoms with van der Waals surface area (Å²) in [7, 11) is 1.62. The van der Waals surface area contributed by atoms with Crippen LogP contribution in [0.25, 0.3) is 11.4 Å². The molecule has 1 aliphatic rings. The van der Waals surface area contributed by atoms with Crippen molar-refractivity contribution in [1.82, 2.24) is 15.0 Å².